The number of aromatic nitrogens is 2. The van der Waals surface area contributed by atoms with E-state index in [1.807, 2.05) is 0 Å². The summed E-state index contributed by atoms with van der Waals surface area (Å²) in [5.41, 5.74) is 7.06. The van der Waals surface area contributed by atoms with E-state index < -0.39 is 0 Å². The molecule has 0 radical (unpaired) electrons. The van der Waals surface area contributed by atoms with Gasteiger partial charge in [0, 0.05) is 12.0 Å². The summed E-state index contributed by atoms with van der Waals surface area (Å²) in [7, 11) is 0. The molecule has 20 heavy (non-hydrogen) atoms. The Kier molecular flexibility index (Phi) is 5.56. The molecule has 0 amide bonds. The third-order valence-electron chi connectivity index (χ3n) is 3.22. The Morgan fingerprint density at radius 3 is 2.75 bits per heavy atom. The molecular weight excluding hydrogens is 277 g/mol. The van der Waals surface area contributed by atoms with E-state index in [0.717, 1.165) is 55.7 Å². The number of unbranched alkanes of at least 4 members (excludes halogenated alkanes) is 3. The molecule has 3 nitrogen and oxygen atoms in total. The Hall–Kier alpha value is -1.39. The SMILES string of the molecule is NCCCCCCc1ncc(-c2ccc(F)cc2Cl)[nH]1. The Labute approximate surface area is 123 Å². The van der Waals surface area contributed by atoms with Crippen molar-refractivity contribution in [2.75, 3.05) is 6.54 Å². The van der Waals surface area contributed by atoms with Crippen LogP contribution in [0.5, 0.6) is 0 Å². The molecule has 1 aromatic heterocycles. The minimum Gasteiger partial charge on any atom is -0.342 e. The minimum atomic E-state index is -0.335. The molecule has 0 atom stereocenters. The van der Waals surface area contributed by atoms with Crippen molar-refractivity contribution in [3.63, 3.8) is 0 Å². The summed E-state index contributed by atoms with van der Waals surface area (Å²) in [5.74, 6) is 0.603. The second-order valence-corrected chi connectivity index (χ2v) is 5.23. The maximum absolute atomic E-state index is 13.0. The van der Waals surface area contributed by atoms with Gasteiger partial charge in [-0.2, -0.15) is 0 Å². The molecule has 108 valence electrons. The van der Waals surface area contributed by atoms with Crippen molar-refractivity contribution in [3.8, 4) is 11.3 Å². The summed E-state index contributed by atoms with van der Waals surface area (Å²) in [5, 5.41) is 0.392. The van der Waals surface area contributed by atoms with Crippen molar-refractivity contribution < 1.29 is 4.39 Å². The predicted octanol–water partition coefficient (Wildman–Crippen LogP) is 3.93. The normalized spacial score (nSPS) is 10.9. The number of benzene rings is 1. The zero-order valence-corrected chi connectivity index (χ0v) is 12.1. The maximum atomic E-state index is 13.0. The zero-order chi connectivity index (χ0) is 14.4. The first-order chi connectivity index (χ1) is 9.70. The average Bonchev–Trinajstić information content (AvgIpc) is 2.87. The molecule has 0 saturated heterocycles. The first kappa shape index (κ1) is 15.0. The Morgan fingerprint density at radius 2 is 2.00 bits per heavy atom. The van der Waals surface area contributed by atoms with E-state index in [1.165, 1.54) is 12.1 Å². The van der Waals surface area contributed by atoms with E-state index >= 15 is 0 Å². The molecule has 1 heterocycles. The van der Waals surface area contributed by atoms with Gasteiger partial charge in [-0.05, 0) is 37.6 Å². The lowest BCUT2D eigenvalue weighted by atomic mass is 10.1. The summed E-state index contributed by atoms with van der Waals surface area (Å²) in [6.07, 6.45) is 7.13. The van der Waals surface area contributed by atoms with Crippen LogP contribution < -0.4 is 5.73 Å². The summed E-state index contributed by atoms with van der Waals surface area (Å²) in [4.78, 5) is 7.58. The van der Waals surface area contributed by atoms with Crippen molar-refractivity contribution >= 4 is 11.6 Å². The van der Waals surface area contributed by atoms with Gasteiger partial charge in [0.05, 0.1) is 16.9 Å². The van der Waals surface area contributed by atoms with Crippen LogP contribution in [0.3, 0.4) is 0 Å². The molecule has 0 aliphatic heterocycles. The molecule has 2 rings (SSSR count). The fraction of sp³-hybridized carbons (Fsp3) is 0.400. The highest BCUT2D eigenvalue weighted by Crippen LogP contribution is 2.27. The molecule has 0 aliphatic carbocycles. The van der Waals surface area contributed by atoms with Crippen molar-refractivity contribution in [2.45, 2.75) is 32.1 Å². The molecule has 0 spiro atoms. The smallest absolute Gasteiger partial charge is 0.124 e. The third-order valence-corrected chi connectivity index (χ3v) is 3.53. The van der Waals surface area contributed by atoms with Gasteiger partial charge in [-0.1, -0.05) is 24.4 Å². The van der Waals surface area contributed by atoms with Crippen LogP contribution in [-0.2, 0) is 6.42 Å². The lowest BCUT2D eigenvalue weighted by Crippen LogP contribution is -1.98. The van der Waals surface area contributed by atoms with E-state index in [-0.39, 0.29) is 5.82 Å². The fourth-order valence-electron chi connectivity index (χ4n) is 2.12. The Bertz CT molecular complexity index is 554. The first-order valence-corrected chi connectivity index (χ1v) is 7.28. The number of aryl methyl sites for hydroxylation is 1. The topological polar surface area (TPSA) is 54.7 Å². The van der Waals surface area contributed by atoms with Gasteiger partial charge in [-0.3, -0.25) is 0 Å². The van der Waals surface area contributed by atoms with Gasteiger partial charge in [0.15, 0.2) is 0 Å². The largest absolute Gasteiger partial charge is 0.342 e. The van der Waals surface area contributed by atoms with Crippen LogP contribution >= 0.6 is 11.6 Å². The molecule has 0 saturated carbocycles. The molecule has 0 aliphatic rings. The molecule has 0 unspecified atom stereocenters. The van der Waals surface area contributed by atoms with Gasteiger partial charge < -0.3 is 10.7 Å². The van der Waals surface area contributed by atoms with E-state index in [0.29, 0.717) is 5.02 Å². The molecule has 2 aromatic rings. The lowest BCUT2D eigenvalue weighted by molar-refractivity contribution is 0.628. The fourth-order valence-corrected chi connectivity index (χ4v) is 2.39. The quantitative estimate of drug-likeness (QED) is 0.760. The van der Waals surface area contributed by atoms with Crippen molar-refractivity contribution in [3.05, 3.63) is 41.1 Å². The average molecular weight is 296 g/mol. The number of halogens is 2. The van der Waals surface area contributed by atoms with Crippen molar-refractivity contribution in [2.24, 2.45) is 5.73 Å². The highest BCUT2D eigenvalue weighted by molar-refractivity contribution is 6.33. The standard InChI is InChI=1S/C15H19ClFN3/c16-13-9-11(17)6-7-12(13)14-10-19-15(20-14)5-3-1-2-4-8-18/h6-7,9-10H,1-5,8,18H2,(H,19,20). The van der Waals surface area contributed by atoms with Gasteiger partial charge in [0.1, 0.15) is 11.6 Å². The van der Waals surface area contributed by atoms with Crippen LogP contribution in [-0.4, -0.2) is 16.5 Å². The van der Waals surface area contributed by atoms with E-state index in [4.69, 9.17) is 17.3 Å². The minimum absolute atomic E-state index is 0.335. The van der Waals surface area contributed by atoms with Crippen molar-refractivity contribution in [1.82, 2.24) is 9.97 Å². The van der Waals surface area contributed by atoms with Gasteiger partial charge in [0.25, 0.3) is 0 Å². The van der Waals surface area contributed by atoms with Crippen molar-refractivity contribution in [1.29, 1.82) is 0 Å². The predicted molar refractivity (Wildman–Crippen MR) is 80.2 cm³/mol. The number of hydrogen-bond donors (Lipinski definition) is 2. The number of nitrogens with two attached hydrogens (primary N) is 1. The monoisotopic (exact) mass is 295 g/mol. The van der Waals surface area contributed by atoms with Gasteiger partial charge in [0.2, 0.25) is 0 Å². The third kappa shape index (κ3) is 4.05. The molecule has 0 fully saturated rings. The van der Waals surface area contributed by atoms with Gasteiger partial charge in [-0.25, -0.2) is 9.37 Å². The summed E-state index contributed by atoms with van der Waals surface area (Å²) in [6.45, 7) is 0.758. The summed E-state index contributed by atoms with van der Waals surface area (Å²) in [6, 6.07) is 4.37. The van der Waals surface area contributed by atoms with E-state index in [1.54, 1.807) is 12.3 Å². The van der Waals surface area contributed by atoms with Crippen LogP contribution in [0.15, 0.2) is 24.4 Å². The second-order valence-electron chi connectivity index (χ2n) is 4.82. The zero-order valence-electron chi connectivity index (χ0n) is 11.3. The first-order valence-electron chi connectivity index (χ1n) is 6.90. The number of hydrogen-bond acceptors (Lipinski definition) is 2. The molecular formula is C15H19ClFN3. The maximum Gasteiger partial charge on any atom is 0.124 e. The van der Waals surface area contributed by atoms with Crippen LogP contribution in [0.2, 0.25) is 5.02 Å². The number of nitrogens with one attached hydrogen (secondary N) is 1. The van der Waals surface area contributed by atoms with Crippen LogP contribution in [0.4, 0.5) is 4.39 Å². The van der Waals surface area contributed by atoms with E-state index in [2.05, 4.69) is 9.97 Å². The second kappa shape index (κ2) is 7.41. The van der Waals surface area contributed by atoms with E-state index in [9.17, 15) is 4.39 Å². The molecule has 1 aromatic carbocycles. The molecule has 5 heteroatoms. The number of rotatable bonds is 7. The number of H-pyrrole nitrogens is 1. The molecule has 3 N–H and O–H groups in total. The summed E-state index contributed by atoms with van der Waals surface area (Å²) < 4.78 is 13.0. The number of imidazole rings is 1. The Morgan fingerprint density at radius 1 is 1.20 bits per heavy atom. The van der Waals surface area contributed by atoms with Gasteiger partial charge >= 0.3 is 0 Å². The van der Waals surface area contributed by atoms with Crippen LogP contribution in [0, 0.1) is 5.82 Å². The number of nitrogens with zero attached hydrogens (tertiary/aromatic N) is 1. The van der Waals surface area contributed by atoms with Crippen LogP contribution in [0.25, 0.3) is 11.3 Å². The summed E-state index contributed by atoms with van der Waals surface area (Å²) >= 11 is 6.04. The highest BCUT2D eigenvalue weighted by Gasteiger charge is 2.08. The Balaban J connectivity index is 1.95. The number of aromatic amines is 1. The van der Waals surface area contributed by atoms with Gasteiger partial charge in [-0.15, -0.1) is 0 Å². The highest BCUT2D eigenvalue weighted by atomic mass is 35.5. The lowest BCUT2D eigenvalue weighted by Gasteiger charge is -2.01. The molecule has 0 bridgehead atoms. The van der Waals surface area contributed by atoms with Crippen LogP contribution in [0.1, 0.15) is 31.5 Å².